The Kier molecular flexibility index (Phi) is 5.06. The molecule has 0 unspecified atom stereocenters. The highest BCUT2D eigenvalue weighted by molar-refractivity contribution is 5.75. The lowest BCUT2D eigenvalue weighted by atomic mass is 10.1. The summed E-state index contributed by atoms with van der Waals surface area (Å²) in [6, 6.07) is 4.70. The third kappa shape index (κ3) is 4.50. The molecule has 0 aliphatic rings. The monoisotopic (exact) mass is 239 g/mol. The average molecular weight is 239 g/mol. The molecule has 0 heterocycles. The van der Waals surface area contributed by atoms with E-state index in [9.17, 15) is 9.18 Å². The summed E-state index contributed by atoms with van der Waals surface area (Å²) in [6.07, 6.45) is 0. The van der Waals surface area contributed by atoms with Crippen LogP contribution in [0.25, 0.3) is 0 Å². The van der Waals surface area contributed by atoms with Crippen molar-refractivity contribution in [2.75, 3.05) is 13.1 Å². The minimum Gasteiger partial charge on any atom is -0.369 e. The number of rotatable bonds is 6. The second-order valence-electron chi connectivity index (χ2n) is 3.94. The van der Waals surface area contributed by atoms with Gasteiger partial charge in [-0.05, 0) is 29.8 Å². The molecule has 94 valence electrons. The van der Waals surface area contributed by atoms with Crippen molar-refractivity contribution in [2.45, 2.75) is 20.0 Å². The molecular weight excluding hydrogens is 221 g/mol. The lowest BCUT2D eigenvalue weighted by Gasteiger charge is -2.18. The zero-order chi connectivity index (χ0) is 12.8. The molecule has 0 radical (unpaired) electrons. The van der Waals surface area contributed by atoms with Crippen molar-refractivity contribution in [3.8, 4) is 0 Å². The Morgan fingerprint density at radius 3 is 2.53 bits per heavy atom. The van der Waals surface area contributed by atoms with Crippen LogP contribution in [-0.4, -0.2) is 23.9 Å². The largest absolute Gasteiger partial charge is 0.369 e. The second kappa shape index (κ2) is 6.32. The number of benzene rings is 1. The fraction of sp³-hybridized carbons (Fsp3) is 0.417. The second-order valence-corrected chi connectivity index (χ2v) is 3.94. The Hall–Kier alpha value is -1.46. The van der Waals surface area contributed by atoms with Crippen LogP contribution in [0.2, 0.25) is 0 Å². The molecule has 0 saturated heterocycles. The number of nitrogens with zero attached hydrogens (tertiary/aromatic N) is 1. The molecule has 0 atom stereocenters. The van der Waals surface area contributed by atoms with Crippen LogP contribution in [-0.2, 0) is 17.9 Å². The molecule has 1 rings (SSSR count). The average Bonchev–Trinajstić information content (AvgIpc) is 2.26. The summed E-state index contributed by atoms with van der Waals surface area (Å²) in [5.74, 6) is -0.694. The van der Waals surface area contributed by atoms with Crippen LogP contribution < -0.4 is 11.5 Å². The molecule has 0 fully saturated rings. The zero-order valence-electron chi connectivity index (χ0n) is 9.95. The first-order valence-electron chi connectivity index (χ1n) is 5.54. The molecule has 4 N–H and O–H groups in total. The molecule has 0 spiro atoms. The Balaban J connectivity index is 2.78. The summed E-state index contributed by atoms with van der Waals surface area (Å²) in [4.78, 5) is 12.7. The minimum atomic E-state index is -0.387. The maximum Gasteiger partial charge on any atom is 0.231 e. The van der Waals surface area contributed by atoms with Crippen molar-refractivity contribution in [1.82, 2.24) is 4.90 Å². The van der Waals surface area contributed by atoms with Gasteiger partial charge in [0.25, 0.3) is 0 Å². The minimum absolute atomic E-state index is 0.172. The molecule has 5 heteroatoms. The summed E-state index contributed by atoms with van der Waals surface area (Å²) in [5.41, 5.74) is 12.2. The van der Waals surface area contributed by atoms with Crippen molar-refractivity contribution in [2.24, 2.45) is 11.5 Å². The SMILES string of the molecule is CCN(CC(N)=O)Cc1cc(F)cc(CN)c1. The van der Waals surface area contributed by atoms with E-state index in [1.54, 1.807) is 0 Å². The fourth-order valence-electron chi connectivity index (χ4n) is 1.68. The van der Waals surface area contributed by atoms with Crippen LogP contribution in [0.1, 0.15) is 18.1 Å². The van der Waals surface area contributed by atoms with Gasteiger partial charge in [-0.2, -0.15) is 0 Å². The van der Waals surface area contributed by atoms with Gasteiger partial charge in [-0.3, -0.25) is 9.69 Å². The fourth-order valence-corrected chi connectivity index (χ4v) is 1.68. The van der Waals surface area contributed by atoms with E-state index in [0.717, 1.165) is 11.1 Å². The number of nitrogens with two attached hydrogens (primary N) is 2. The van der Waals surface area contributed by atoms with E-state index in [1.807, 2.05) is 17.9 Å². The van der Waals surface area contributed by atoms with Crippen molar-refractivity contribution in [3.05, 3.63) is 35.1 Å². The molecule has 0 aliphatic heterocycles. The smallest absolute Gasteiger partial charge is 0.231 e. The normalized spacial score (nSPS) is 10.8. The van der Waals surface area contributed by atoms with Crippen LogP contribution in [0.5, 0.6) is 0 Å². The lowest BCUT2D eigenvalue weighted by molar-refractivity contribution is -0.119. The van der Waals surface area contributed by atoms with E-state index in [-0.39, 0.29) is 18.3 Å². The number of hydrogen-bond acceptors (Lipinski definition) is 3. The van der Waals surface area contributed by atoms with E-state index in [0.29, 0.717) is 19.6 Å². The number of carbonyl (C=O) groups is 1. The van der Waals surface area contributed by atoms with Crippen LogP contribution in [0.4, 0.5) is 4.39 Å². The van der Waals surface area contributed by atoms with Crippen LogP contribution >= 0.6 is 0 Å². The van der Waals surface area contributed by atoms with E-state index < -0.39 is 0 Å². The molecule has 0 aliphatic carbocycles. The molecule has 17 heavy (non-hydrogen) atoms. The van der Waals surface area contributed by atoms with Crippen molar-refractivity contribution in [1.29, 1.82) is 0 Å². The summed E-state index contributed by atoms with van der Waals surface area (Å²) in [6.45, 7) is 3.56. The first kappa shape index (κ1) is 13.6. The quantitative estimate of drug-likeness (QED) is 0.763. The Bertz CT molecular complexity index is 395. The summed E-state index contributed by atoms with van der Waals surface area (Å²) >= 11 is 0. The predicted octanol–water partition coefficient (Wildman–Crippen LogP) is 0.592. The number of carbonyl (C=O) groups excluding carboxylic acids is 1. The molecule has 1 aromatic carbocycles. The number of halogens is 1. The van der Waals surface area contributed by atoms with Gasteiger partial charge in [0.1, 0.15) is 5.82 Å². The van der Waals surface area contributed by atoms with Crippen LogP contribution in [0.3, 0.4) is 0 Å². The molecule has 4 nitrogen and oxygen atoms in total. The Labute approximate surface area is 100 Å². The third-order valence-electron chi connectivity index (χ3n) is 2.49. The topological polar surface area (TPSA) is 72.3 Å². The van der Waals surface area contributed by atoms with E-state index in [4.69, 9.17) is 11.5 Å². The van der Waals surface area contributed by atoms with Crippen molar-refractivity contribution >= 4 is 5.91 Å². The Morgan fingerprint density at radius 2 is 2.00 bits per heavy atom. The van der Waals surface area contributed by atoms with Gasteiger partial charge in [-0.15, -0.1) is 0 Å². The van der Waals surface area contributed by atoms with Crippen LogP contribution in [0.15, 0.2) is 18.2 Å². The number of amides is 1. The first-order chi connectivity index (χ1) is 8.05. The van der Waals surface area contributed by atoms with Crippen molar-refractivity contribution in [3.63, 3.8) is 0 Å². The van der Waals surface area contributed by atoms with Gasteiger partial charge in [0, 0.05) is 13.1 Å². The van der Waals surface area contributed by atoms with Gasteiger partial charge in [0.15, 0.2) is 0 Å². The molecule has 1 amide bonds. The highest BCUT2D eigenvalue weighted by Crippen LogP contribution is 2.11. The predicted molar refractivity (Wildman–Crippen MR) is 64.4 cm³/mol. The number of hydrogen-bond donors (Lipinski definition) is 2. The first-order valence-corrected chi connectivity index (χ1v) is 5.54. The Morgan fingerprint density at radius 1 is 1.35 bits per heavy atom. The number of likely N-dealkylation sites (N-methyl/N-ethyl adjacent to an activating group) is 1. The molecule has 0 saturated carbocycles. The van der Waals surface area contributed by atoms with Gasteiger partial charge in [0.05, 0.1) is 6.54 Å². The lowest BCUT2D eigenvalue weighted by Crippen LogP contribution is -2.33. The maximum atomic E-state index is 13.3. The standard InChI is InChI=1S/C12H18FN3O/c1-2-16(8-12(15)17)7-10-3-9(6-14)4-11(13)5-10/h3-5H,2,6-8,14H2,1H3,(H2,15,17). The zero-order valence-corrected chi connectivity index (χ0v) is 9.95. The highest BCUT2D eigenvalue weighted by atomic mass is 19.1. The molecular formula is C12H18FN3O. The summed E-state index contributed by atoms with van der Waals surface area (Å²) < 4.78 is 13.3. The summed E-state index contributed by atoms with van der Waals surface area (Å²) in [5, 5.41) is 0. The van der Waals surface area contributed by atoms with Gasteiger partial charge < -0.3 is 11.5 Å². The molecule has 1 aromatic rings. The van der Waals surface area contributed by atoms with E-state index in [2.05, 4.69) is 0 Å². The third-order valence-corrected chi connectivity index (χ3v) is 2.49. The molecule has 0 bridgehead atoms. The van der Waals surface area contributed by atoms with E-state index in [1.165, 1.54) is 12.1 Å². The van der Waals surface area contributed by atoms with Crippen molar-refractivity contribution < 1.29 is 9.18 Å². The summed E-state index contributed by atoms with van der Waals surface area (Å²) in [7, 11) is 0. The van der Waals surface area contributed by atoms with E-state index >= 15 is 0 Å². The highest BCUT2D eigenvalue weighted by Gasteiger charge is 2.08. The molecule has 0 aromatic heterocycles. The van der Waals surface area contributed by atoms with Crippen LogP contribution in [0, 0.1) is 5.82 Å². The van der Waals surface area contributed by atoms with Gasteiger partial charge in [-0.1, -0.05) is 13.0 Å². The van der Waals surface area contributed by atoms with Gasteiger partial charge >= 0.3 is 0 Å². The number of primary amides is 1. The maximum absolute atomic E-state index is 13.3. The van der Waals surface area contributed by atoms with Gasteiger partial charge in [0.2, 0.25) is 5.91 Å². The van der Waals surface area contributed by atoms with Gasteiger partial charge in [-0.25, -0.2) is 4.39 Å².